The Labute approximate surface area is 107 Å². The molecule has 1 heterocycles. The van der Waals surface area contributed by atoms with Crippen LogP contribution in [0.1, 0.15) is 46.0 Å². The Morgan fingerprint density at radius 1 is 1.24 bits per heavy atom. The molecule has 1 fully saturated rings. The third-order valence-electron chi connectivity index (χ3n) is 3.64. The maximum atomic E-state index is 5.31. The summed E-state index contributed by atoms with van der Waals surface area (Å²) in [5.74, 6) is 0. The molecule has 17 heavy (non-hydrogen) atoms. The Bertz CT molecular complexity index is 176. The van der Waals surface area contributed by atoms with Crippen molar-refractivity contribution in [2.75, 3.05) is 39.4 Å². The second kappa shape index (κ2) is 9.86. The summed E-state index contributed by atoms with van der Waals surface area (Å²) < 4.78 is 5.31. The molecule has 0 aromatic heterocycles. The summed E-state index contributed by atoms with van der Waals surface area (Å²) >= 11 is 0. The van der Waals surface area contributed by atoms with E-state index >= 15 is 0 Å². The van der Waals surface area contributed by atoms with E-state index in [0.717, 1.165) is 38.8 Å². The van der Waals surface area contributed by atoms with Crippen molar-refractivity contribution in [1.29, 1.82) is 0 Å². The zero-order chi connectivity index (χ0) is 12.3. The van der Waals surface area contributed by atoms with Crippen LogP contribution in [-0.4, -0.2) is 50.3 Å². The number of hydrogen-bond acceptors (Lipinski definition) is 3. The van der Waals surface area contributed by atoms with Crippen molar-refractivity contribution in [3.8, 4) is 0 Å². The Kier molecular flexibility index (Phi) is 8.67. The van der Waals surface area contributed by atoms with Gasteiger partial charge in [-0.25, -0.2) is 0 Å². The van der Waals surface area contributed by atoms with Gasteiger partial charge in [0.2, 0.25) is 0 Å². The van der Waals surface area contributed by atoms with E-state index in [4.69, 9.17) is 4.74 Å². The van der Waals surface area contributed by atoms with Gasteiger partial charge in [-0.3, -0.25) is 4.90 Å². The van der Waals surface area contributed by atoms with Crippen LogP contribution in [0.3, 0.4) is 0 Å². The molecule has 0 bridgehead atoms. The summed E-state index contributed by atoms with van der Waals surface area (Å²) in [6, 6.07) is 0.842. The topological polar surface area (TPSA) is 24.5 Å². The fourth-order valence-corrected chi connectivity index (χ4v) is 2.61. The van der Waals surface area contributed by atoms with E-state index in [1.165, 1.54) is 38.8 Å². The molecule has 0 amide bonds. The molecule has 3 heteroatoms. The lowest BCUT2D eigenvalue weighted by Gasteiger charge is -2.35. The quantitative estimate of drug-likeness (QED) is 0.628. The van der Waals surface area contributed by atoms with Gasteiger partial charge in [-0.05, 0) is 45.7 Å². The minimum Gasteiger partial charge on any atom is -0.382 e. The molecule has 1 aliphatic heterocycles. The lowest BCUT2D eigenvalue weighted by molar-refractivity contribution is 0.138. The van der Waals surface area contributed by atoms with Crippen molar-refractivity contribution >= 4 is 0 Å². The van der Waals surface area contributed by atoms with Gasteiger partial charge in [0.1, 0.15) is 0 Å². The molecule has 0 saturated carbocycles. The molecular weight excluding hydrogens is 212 g/mol. The average molecular weight is 242 g/mol. The summed E-state index contributed by atoms with van der Waals surface area (Å²) in [6.07, 6.45) is 6.66. The monoisotopic (exact) mass is 242 g/mol. The van der Waals surface area contributed by atoms with Gasteiger partial charge < -0.3 is 10.1 Å². The molecule has 1 N–H and O–H groups in total. The summed E-state index contributed by atoms with van der Waals surface area (Å²) in [5, 5.41) is 3.51. The number of nitrogens with one attached hydrogen (secondary N) is 1. The standard InChI is InChI=1S/C14H30N2O/c1-3-14-8-5-6-11-16(14)12-10-15-9-7-13-17-4-2/h14-15H,3-13H2,1-2H3. The molecule has 1 atom stereocenters. The lowest BCUT2D eigenvalue weighted by atomic mass is 10.0. The number of rotatable bonds is 9. The van der Waals surface area contributed by atoms with E-state index in [1.807, 2.05) is 0 Å². The molecule has 1 rings (SSSR count). The van der Waals surface area contributed by atoms with E-state index in [0.29, 0.717) is 0 Å². The minimum absolute atomic E-state index is 0.839. The van der Waals surface area contributed by atoms with Gasteiger partial charge in [-0.1, -0.05) is 13.3 Å². The van der Waals surface area contributed by atoms with Crippen LogP contribution in [0.15, 0.2) is 0 Å². The third kappa shape index (κ3) is 6.39. The smallest absolute Gasteiger partial charge is 0.0477 e. The normalized spacial score (nSPS) is 21.9. The van der Waals surface area contributed by atoms with Crippen molar-refractivity contribution in [2.45, 2.75) is 52.0 Å². The van der Waals surface area contributed by atoms with Gasteiger partial charge in [0, 0.05) is 32.3 Å². The highest BCUT2D eigenvalue weighted by Gasteiger charge is 2.19. The van der Waals surface area contributed by atoms with E-state index < -0.39 is 0 Å². The zero-order valence-corrected chi connectivity index (χ0v) is 11.7. The molecule has 0 spiro atoms. The van der Waals surface area contributed by atoms with E-state index in [9.17, 15) is 0 Å². The van der Waals surface area contributed by atoms with E-state index in [-0.39, 0.29) is 0 Å². The zero-order valence-electron chi connectivity index (χ0n) is 11.7. The highest BCUT2D eigenvalue weighted by Crippen LogP contribution is 2.18. The average Bonchev–Trinajstić information content (AvgIpc) is 2.38. The van der Waals surface area contributed by atoms with Crippen LogP contribution in [0.2, 0.25) is 0 Å². The fourth-order valence-electron chi connectivity index (χ4n) is 2.61. The number of hydrogen-bond donors (Lipinski definition) is 1. The number of nitrogens with zero attached hydrogens (tertiary/aromatic N) is 1. The number of likely N-dealkylation sites (tertiary alicyclic amines) is 1. The molecule has 1 unspecified atom stereocenters. The van der Waals surface area contributed by atoms with Crippen LogP contribution in [0.5, 0.6) is 0 Å². The third-order valence-corrected chi connectivity index (χ3v) is 3.64. The Morgan fingerprint density at radius 2 is 2.12 bits per heavy atom. The summed E-state index contributed by atoms with van der Waals surface area (Å²) in [6.45, 7) is 10.8. The molecule has 1 saturated heterocycles. The first-order valence-corrected chi connectivity index (χ1v) is 7.41. The first-order valence-electron chi connectivity index (χ1n) is 7.41. The Hall–Kier alpha value is -0.120. The highest BCUT2D eigenvalue weighted by atomic mass is 16.5. The molecule has 0 aromatic rings. The Balaban J connectivity index is 1.97. The van der Waals surface area contributed by atoms with Crippen LogP contribution < -0.4 is 5.32 Å². The molecule has 0 aliphatic carbocycles. The lowest BCUT2D eigenvalue weighted by Crippen LogP contribution is -2.42. The van der Waals surface area contributed by atoms with Gasteiger partial charge in [0.25, 0.3) is 0 Å². The van der Waals surface area contributed by atoms with Gasteiger partial charge in [-0.15, -0.1) is 0 Å². The molecule has 3 nitrogen and oxygen atoms in total. The van der Waals surface area contributed by atoms with Crippen LogP contribution >= 0.6 is 0 Å². The van der Waals surface area contributed by atoms with Crippen LogP contribution in [0.25, 0.3) is 0 Å². The van der Waals surface area contributed by atoms with E-state index in [1.54, 1.807) is 0 Å². The number of ether oxygens (including phenoxy) is 1. The maximum absolute atomic E-state index is 5.31. The first-order chi connectivity index (χ1) is 8.38. The van der Waals surface area contributed by atoms with Gasteiger partial charge in [0.05, 0.1) is 0 Å². The molecular formula is C14H30N2O. The predicted molar refractivity (Wildman–Crippen MR) is 73.5 cm³/mol. The molecule has 102 valence electrons. The summed E-state index contributed by atoms with van der Waals surface area (Å²) in [5.41, 5.74) is 0. The summed E-state index contributed by atoms with van der Waals surface area (Å²) in [4.78, 5) is 2.67. The highest BCUT2D eigenvalue weighted by molar-refractivity contribution is 4.76. The van der Waals surface area contributed by atoms with Crippen LogP contribution in [0, 0.1) is 0 Å². The van der Waals surface area contributed by atoms with Crippen molar-refractivity contribution in [2.24, 2.45) is 0 Å². The van der Waals surface area contributed by atoms with Crippen LogP contribution in [-0.2, 0) is 4.74 Å². The van der Waals surface area contributed by atoms with Gasteiger partial charge in [-0.2, -0.15) is 0 Å². The van der Waals surface area contributed by atoms with Gasteiger partial charge >= 0.3 is 0 Å². The summed E-state index contributed by atoms with van der Waals surface area (Å²) in [7, 11) is 0. The van der Waals surface area contributed by atoms with Crippen molar-refractivity contribution in [3.05, 3.63) is 0 Å². The van der Waals surface area contributed by atoms with Crippen LogP contribution in [0.4, 0.5) is 0 Å². The Morgan fingerprint density at radius 3 is 2.88 bits per heavy atom. The fraction of sp³-hybridized carbons (Fsp3) is 1.00. The molecule has 0 radical (unpaired) electrons. The number of piperidine rings is 1. The van der Waals surface area contributed by atoms with Crippen molar-refractivity contribution < 1.29 is 4.74 Å². The van der Waals surface area contributed by atoms with E-state index in [2.05, 4.69) is 24.1 Å². The second-order valence-electron chi connectivity index (χ2n) is 4.89. The largest absolute Gasteiger partial charge is 0.382 e. The first kappa shape index (κ1) is 14.9. The van der Waals surface area contributed by atoms with Crippen molar-refractivity contribution in [3.63, 3.8) is 0 Å². The maximum Gasteiger partial charge on any atom is 0.0477 e. The minimum atomic E-state index is 0.839. The molecule has 1 aliphatic rings. The van der Waals surface area contributed by atoms with Crippen molar-refractivity contribution in [1.82, 2.24) is 10.2 Å². The predicted octanol–water partition coefficient (Wildman–Crippen LogP) is 2.27. The SMILES string of the molecule is CCOCCCNCCN1CCCCC1CC. The van der Waals surface area contributed by atoms with Gasteiger partial charge in [0.15, 0.2) is 0 Å². The molecule has 0 aromatic carbocycles. The second-order valence-corrected chi connectivity index (χ2v) is 4.89.